The van der Waals surface area contributed by atoms with E-state index in [-0.39, 0.29) is 17.6 Å². The van der Waals surface area contributed by atoms with Crippen molar-refractivity contribution in [1.82, 2.24) is 0 Å². The number of imide groups is 1. The first-order valence-electron chi connectivity index (χ1n) is 12.3. The Kier molecular flexibility index (Phi) is 4.84. The number of methoxy groups -OCH3 is 1. The number of rotatable bonds is 5. The summed E-state index contributed by atoms with van der Waals surface area (Å²) in [5.74, 6) is -1.46. The number of nitrogens with zero attached hydrogens (tertiary/aromatic N) is 1. The van der Waals surface area contributed by atoms with Gasteiger partial charge in [0.25, 0.3) is 0 Å². The van der Waals surface area contributed by atoms with Gasteiger partial charge in [-0.2, -0.15) is 0 Å². The Labute approximate surface area is 210 Å². The van der Waals surface area contributed by atoms with Crippen molar-refractivity contribution in [1.29, 1.82) is 0 Å². The van der Waals surface area contributed by atoms with Gasteiger partial charge in [-0.3, -0.25) is 14.4 Å². The van der Waals surface area contributed by atoms with Crippen molar-refractivity contribution in [2.45, 2.75) is 20.3 Å². The fourth-order valence-corrected chi connectivity index (χ4v) is 7.11. The zero-order valence-electron chi connectivity index (χ0n) is 20.5. The topological polar surface area (TPSA) is 63.7 Å². The van der Waals surface area contributed by atoms with Crippen LogP contribution >= 0.6 is 0 Å². The van der Waals surface area contributed by atoms with E-state index in [4.69, 9.17) is 4.74 Å². The van der Waals surface area contributed by atoms with Gasteiger partial charge in [0, 0.05) is 0 Å². The van der Waals surface area contributed by atoms with Crippen LogP contribution in [0.5, 0.6) is 5.75 Å². The minimum Gasteiger partial charge on any atom is -0.497 e. The van der Waals surface area contributed by atoms with Gasteiger partial charge >= 0.3 is 0 Å². The molecule has 1 saturated carbocycles. The average molecular weight is 478 g/mol. The summed E-state index contributed by atoms with van der Waals surface area (Å²) >= 11 is 0. The van der Waals surface area contributed by atoms with Crippen LogP contribution in [0.3, 0.4) is 0 Å². The highest BCUT2D eigenvalue weighted by Crippen LogP contribution is 2.74. The lowest BCUT2D eigenvalue weighted by atomic mass is 9.62. The fourth-order valence-electron chi connectivity index (χ4n) is 7.11. The number of Topliss-reactive ketones (excluding diaryl/α,β-unsaturated/α-hetero) is 1. The number of ketones is 1. The molecule has 5 heteroatoms. The zero-order valence-corrected chi connectivity index (χ0v) is 20.5. The van der Waals surface area contributed by atoms with E-state index >= 15 is 0 Å². The molecule has 2 bridgehead atoms. The highest BCUT2D eigenvalue weighted by Gasteiger charge is 2.79. The number of amides is 2. The van der Waals surface area contributed by atoms with Crippen LogP contribution in [0.2, 0.25) is 0 Å². The molecule has 180 valence electrons. The molecule has 2 fully saturated rings. The molecule has 3 aliphatic rings. The van der Waals surface area contributed by atoms with Crippen LogP contribution in [0, 0.1) is 22.7 Å². The lowest BCUT2D eigenvalue weighted by molar-refractivity contribution is -0.134. The van der Waals surface area contributed by atoms with Crippen molar-refractivity contribution < 1.29 is 19.1 Å². The second kappa shape index (κ2) is 7.76. The summed E-state index contributed by atoms with van der Waals surface area (Å²) in [6, 6.07) is 26.6. The second-order valence-corrected chi connectivity index (χ2v) is 10.0. The number of benzene rings is 3. The number of ether oxygens (including phenoxy) is 1. The fraction of sp³-hybridized carbons (Fsp3) is 0.258. The Balaban J connectivity index is 1.61. The molecule has 1 heterocycles. The summed E-state index contributed by atoms with van der Waals surface area (Å²) in [6.07, 6.45) is 0.443. The van der Waals surface area contributed by atoms with Gasteiger partial charge in [-0.05, 0) is 59.9 Å². The molecule has 0 spiro atoms. The van der Waals surface area contributed by atoms with Crippen LogP contribution in [0.4, 0.5) is 5.69 Å². The molecule has 0 N–H and O–H groups in total. The molecule has 0 radical (unpaired) electrons. The minimum absolute atomic E-state index is 0.0127. The largest absolute Gasteiger partial charge is 0.497 e. The van der Waals surface area contributed by atoms with Gasteiger partial charge in [-0.25, -0.2) is 4.90 Å². The highest BCUT2D eigenvalue weighted by molar-refractivity contribution is 6.34. The maximum absolute atomic E-state index is 14.5. The lowest BCUT2D eigenvalue weighted by Crippen LogP contribution is -2.41. The predicted molar refractivity (Wildman–Crippen MR) is 138 cm³/mol. The van der Waals surface area contributed by atoms with Crippen LogP contribution in [0.25, 0.3) is 11.1 Å². The van der Waals surface area contributed by atoms with Crippen LogP contribution in [-0.2, 0) is 14.4 Å². The Hall–Kier alpha value is -3.99. The smallest absolute Gasteiger partial charge is 0.239 e. The number of fused-ring (bicyclic) bond motifs is 5. The van der Waals surface area contributed by atoms with Gasteiger partial charge in [0.1, 0.15) is 5.75 Å². The highest BCUT2D eigenvalue weighted by atomic mass is 16.5. The maximum atomic E-state index is 14.5. The molecule has 4 atom stereocenters. The molecule has 6 rings (SSSR count). The predicted octanol–water partition coefficient (Wildman–Crippen LogP) is 5.41. The van der Waals surface area contributed by atoms with Gasteiger partial charge in [-0.1, -0.05) is 67.6 Å². The first kappa shape index (κ1) is 22.5. The van der Waals surface area contributed by atoms with E-state index < -0.39 is 22.7 Å². The molecule has 3 aromatic carbocycles. The summed E-state index contributed by atoms with van der Waals surface area (Å²) in [7, 11) is 1.57. The third-order valence-electron chi connectivity index (χ3n) is 8.56. The van der Waals surface area contributed by atoms with Gasteiger partial charge in [0.05, 0.1) is 35.5 Å². The number of carbonyl (C=O) groups excluding carboxylic acids is 3. The van der Waals surface area contributed by atoms with Crippen molar-refractivity contribution in [3.63, 3.8) is 0 Å². The zero-order chi connectivity index (χ0) is 25.2. The first-order chi connectivity index (χ1) is 17.4. The van der Waals surface area contributed by atoms with Gasteiger partial charge in [-0.15, -0.1) is 0 Å². The van der Waals surface area contributed by atoms with E-state index in [9.17, 15) is 14.4 Å². The lowest BCUT2D eigenvalue weighted by Gasteiger charge is -2.37. The number of allylic oxidation sites excluding steroid dienone is 2. The average Bonchev–Trinajstić information content (AvgIpc) is 3.39. The maximum Gasteiger partial charge on any atom is 0.239 e. The normalized spacial score (nSPS) is 28.8. The van der Waals surface area contributed by atoms with Crippen molar-refractivity contribution in [2.75, 3.05) is 12.0 Å². The number of anilines is 1. The monoisotopic (exact) mass is 477 g/mol. The molecule has 1 saturated heterocycles. The van der Waals surface area contributed by atoms with Crippen molar-refractivity contribution in [2.24, 2.45) is 22.7 Å². The molecular weight excluding hydrogens is 450 g/mol. The molecule has 5 nitrogen and oxygen atoms in total. The molecular formula is C31H27NO4. The van der Waals surface area contributed by atoms with E-state index in [1.165, 1.54) is 4.90 Å². The van der Waals surface area contributed by atoms with E-state index in [0.29, 0.717) is 17.9 Å². The Morgan fingerprint density at radius 1 is 0.750 bits per heavy atom. The number of hydrogen-bond acceptors (Lipinski definition) is 4. The van der Waals surface area contributed by atoms with E-state index in [2.05, 4.69) is 0 Å². The molecule has 1 aliphatic heterocycles. The molecule has 0 unspecified atom stereocenters. The van der Waals surface area contributed by atoms with Crippen LogP contribution in [0.15, 0.2) is 84.9 Å². The Morgan fingerprint density at radius 3 is 1.81 bits per heavy atom. The summed E-state index contributed by atoms with van der Waals surface area (Å²) in [5.41, 5.74) is 1.94. The Bertz CT molecular complexity index is 1430. The van der Waals surface area contributed by atoms with Crippen LogP contribution in [0.1, 0.15) is 31.4 Å². The van der Waals surface area contributed by atoms with Crippen molar-refractivity contribution >= 4 is 34.4 Å². The molecule has 0 aromatic heterocycles. The van der Waals surface area contributed by atoms with Crippen molar-refractivity contribution in [3.8, 4) is 5.75 Å². The van der Waals surface area contributed by atoms with Crippen LogP contribution in [-0.4, -0.2) is 24.7 Å². The second-order valence-electron chi connectivity index (χ2n) is 10.0. The third kappa shape index (κ3) is 2.58. The summed E-state index contributed by atoms with van der Waals surface area (Å²) in [4.78, 5) is 43.9. The molecule has 36 heavy (non-hydrogen) atoms. The molecule has 3 aromatic rings. The van der Waals surface area contributed by atoms with Crippen molar-refractivity contribution in [3.05, 3.63) is 96.1 Å². The third-order valence-corrected chi connectivity index (χ3v) is 8.56. The number of hydrogen-bond donors (Lipinski definition) is 0. The SMILES string of the molecule is CC[C@@]12C(=O)[C@@](C)(C(c3ccccc3)=C1c1ccccc1)[C@@H]1C(=O)N(c3ccc(OC)cc3)C(=O)[C@@H]12. The van der Waals surface area contributed by atoms with E-state index in [1.807, 2.05) is 74.5 Å². The first-order valence-corrected chi connectivity index (χ1v) is 12.3. The number of carbonyl (C=O) groups is 3. The quantitative estimate of drug-likeness (QED) is 0.461. The summed E-state index contributed by atoms with van der Waals surface area (Å²) in [5, 5.41) is 0. The van der Waals surface area contributed by atoms with Crippen LogP contribution < -0.4 is 9.64 Å². The molecule has 2 aliphatic carbocycles. The summed E-state index contributed by atoms with van der Waals surface area (Å²) in [6.45, 7) is 3.84. The standard InChI is InChI=1S/C31H27NO4/c1-4-31-24(20-13-9-6-10-14-20)23(19-11-7-5-8-12-19)30(2,29(31)35)25-26(31)28(34)32(27(25)33)21-15-17-22(36-3)18-16-21/h5-18,25-26H,4H2,1-3H3/t25-,26+,30-,31+/m0/s1. The van der Waals surface area contributed by atoms with Gasteiger partial charge in [0.15, 0.2) is 5.78 Å². The minimum atomic E-state index is -1.11. The van der Waals surface area contributed by atoms with E-state index in [1.54, 1.807) is 31.4 Å². The summed E-state index contributed by atoms with van der Waals surface area (Å²) < 4.78 is 5.25. The Morgan fingerprint density at radius 2 is 1.28 bits per heavy atom. The van der Waals surface area contributed by atoms with E-state index in [0.717, 1.165) is 22.3 Å². The van der Waals surface area contributed by atoms with Gasteiger partial charge < -0.3 is 4.74 Å². The van der Waals surface area contributed by atoms with Gasteiger partial charge in [0.2, 0.25) is 11.8 Å². The molecule has 2 amide bonds.